The number of fused-ring (bicyclic) bond motifs is 2. The third kappa shape index (κ3) is 3.20. The fraction of sp³-hybridized carbons (Fsp3) is 0.222. The van der Waals surface area contributed by atoms with Crippen LogP contribution in [0, 0.1) is 11.3 Å². The van der Waals surface area contributed by atoms with Crippen molar-refractivity contribution in [2.45, 2.75) is 23.9 Å². The predicted molar refractivity (Wildman–Crippen MR) is 99.8 cm³/mol. The summed E-state index contributed by atoms with van der Waals surface area (Å²) >= 11 is 5.25. The first-order valence-electron chi connectivity index (χ1n) is 7.79. The van der Waals surface area contributed by atoms with Gasteiger partial charge in [-0.1, -0.05) is 39.8 Å². The van der Waals surface area contributed by atoms with Gasteiger partial charge < -0.3 is 14.0 Å². The van der Waals surface area contributed by atoms with E-state index >= 15 is 0 Å². The van der Waals surface area contributed by atoms with Crippen molar-refractivity contribution in [2.75, 3.05) is 6.79 Å². The van der Waals surface area contributed by atoms with Gasteiger partial charge in [0.25, 0.3) is 0 Å². The SMILES string of the molecule is N#CCCn1c(SCc2cc3c(cc2Br)OCO3)nc2ccccc21. The number of nitrogens with zero attached hydrogens (tertiary/aromatic N) is 3. The van der Waals surface area contributed by atoms with Crippen molar-refractivity contribution in [1.82, 2.24) is 9.55 Å². The Labute approximate surface area is 157 Å². The quantitative estimate of drug-likeness (QED) is 0.563. The Hall–Kier alpha value is -2.17. The van der Waals surface area contributed by atoms with Crippen LogP contribution in [0.25, 0.3) is 11.0 Å². The summed E-state index contributed by atoms with van der Waals surface area (Å²) < 4.78 is 14.0. The number of halogens is 1. The molecule has 0 atom stereocenters. The van der Waals surface area contributed by atoms with Gasteiger partial charge in [-0.2, -0.15) is 5.26 Å². The number of thioether (sulfide) groups is 1. The molecule has 0 saturated heterocycles. The summed E-state index contributed by atoms with van der Waals surface area (Å²) in [6.07, 6.45) is 0.460. The van der Waals surface area contributed by atoms with Crippen LogP contribution < -0.4 is 9.47 Å². The number of benzene rings is 2. The minimum absolute atomic E-state index is 0.266. The molecule has 126 valence electrons. The van der Waals surface area contributed by atoms with E-state index in [0.29, 0.717) is 13.0 Å². The Morgan fingerprint density at radius 2 is 2.04 bits per heavy atom. The first-order chi connectivity index (χ1) is 12.3. The van der Waals surface area contributed by atoms with Gasteiger partial charge in [0, 0.05) is 16.8 Å². The molecule has 0 unspecified atom stereocenters. The molecule has 2 heterocycles. The van der Waals surface area contributed by atoms with Gasteiger partial charge in [0.05, 0.1) is 23.5 Å². The zero-order chi connectivity index (χ0) is 17.2. The molecule has 0 fully saturated rings. The van der Waals surface area contributed by atoms with Gasteiger partial charge in [-0.05, 0) is 29.8 Å². The first-order valence-corrected chi connectivity index (χ1v) is 9.57. The van der Waals surface area contributed by atoms with E-state index in [9.17, 15) is 0 Å². The lowest BCUT2D eigenvalue weighted by molar-refractivity contribution is 0.174. The van der Waals surface area contributed by atoms with E-state index in [1.165, 1.54) is 0 Å². The average molecular weight is 416 g/mol. The maximum atomic E-state index is 8.94. The molecule has 4 rings (SSSR count). The van der Waals surface area contributed by atoms with Crippen molar-refractivity contribution in [3.8, 4) is 17.6 Å². The van der Waals surface area contributed by atoms with Crippen molar-refractivity contribution in [1.29, 1.82) is 5.26 Å². The van der Waals surface area contributed by atoms with Gasteiger partial charge in [-0.15, -0.1) is 0 Å². The molecule has 2 aromatic carbocycles. The van der Waals surface area contributed by atoms with Crippen LogP contribution in [0.3, 0.4) is 0 Å². The van der Waals surface area contributed by atoms with Crippen molar-refractivity contribution in [3.63, 3.8) is 0 Å². The molecule has 0 N–H and O–H groups in total. The lowest BCUT2D eigenvalue weighted by Gasteiger charge is -2.08. The number of hydrogen-bond acceptors (Lipinski definition) is 5. The molecule has 0 bridgehead atoms. The molecular formula is C18H14BrN3O2S. The van der Waals surface area contributed by atoms with Crippen LogP contribution in [0.4, 0.5) is 0 Å². The van der Waals surface area contributed by atoms with E-state index in [0.717, 1.165) is 43.5 Å². The molecule has 1 aliphatic heterocycles. The zero-order valence-electron chi connectivity index (χ0n) is 13.2. The largest absolute Gasteiger partial charge is 0.454 e. The van der Waals surface area contributed by atoms with Crippen LogP contribution in [-0.2, 0) is 12.3 Å². The van der Waals surface area contributed by atoms with Gasteiger partial charge in [0.15, 0.2) is 16.7 Å². The Morgan fingerprint density at radius 1 is 1.24 bits per heavy atom. The highest BCUT2D eigenvalue weighted by Crippen LogP contribution is 2.39. The third-order valence-electron chi connectivity index (χ3n) is 3.97. The van der Waals surface area contributed by atoms with Crippen molar-refractivity contribution >= 4 is 38.7 Å². The molecule has 3 aromatic rings. The molecule has 5 nitrogen and oxygen atoms in total. The Bertz CT molecular complexity index is 980. The van der Waals surface area contributed by atoms with Crippen molar-refractivity contribution in [3.05, 3.63) is 46.4 Å². The molecule has 25 heavy (non-hydrogen) atoms. The summed E-state index contributed by atoms with van der Waals surface area (Å²) in [5, 5.41) is 9.86. The Kier molecular flexibility index (Phi) is 4.55. The van der Waals surface area contributed by atoms with Gasteiger partial charge in [0.2, 0.25) is 6.79 Å². The summed E-state index contributed by atoms with van der Waals surface area (Å²) in [5.74, 6) is 2.28. The normalized spacial score (nSPS) is 12.5. The number of hydrogen-bond donors (Lipinski definition) is 0. The number of imidazole rings is 1. The highest BCUT2D eigenvalue weighted by atomic mass is 79.9. The summed E-state index contributed by atoms with van der Waals surface area (Å²) in [6, 6.07) is 14.2. The fourth-order valence-electron chi connectivity index (χ4n) is 2.75. The molecule has 7 heteroatoms. The van der Waals surface area contributed by atoms with Gasteiger partial charge >= 0.3 is 0 Å². The monoisotopic (exact) mass is 415 g/mol. The lowest BCUT2D eigenvalue weighted by Crippen LogP contribution is -1.99. The third-order valence-corrected chi connectivity index (χ3v) is 5.73. The minimum Gasteiger partial charge on any atom is -0.454 e. The van der Waals surface area contributed by atoms with Gasteiger partial charge in [-0.3, -0.25) is 0 Å². The average Bonchev–Trinajstić information content (AvgIpc) is 3.21. The maximum absolute atomic E-state index is 8.94. The first kappa shape index (κ1) is 16.3. The molecule has 1 aliphatic rings. The number of aromatic nitrogens is 2. The smallest absolute Gasteiger partial charge is 0.231 e. The van der Waals surface area contributed by atoms with Crippen LogP contribution in [0.2, 0.25) is 0 Å². The zero-order valence-corrected chi connectivity index (χ0v) is 15.6. The molecular weight excluding hydrogens is 402 g/mol. The highest BCUT2D eigenvalue weighted by Gasteiger charge is 2.17. The van der Waals surface area contributed by atoms with Crippen LogP contribution in [0.5, 0.6) is 11.5 Å². The van der Waals surface area contributed by atoms with E-state index in [1.807, 2.05) is 36.4 Å². The van der Waals surface area contributed by atoms with Crippen LogP contribution >= 0.6 is 27.7 Å². The summed E-state index contributed by atoms with van der Waals surface area (Å²) in [4.78, 5) is 4.73. The van der Waals surface area contributed by atoms with Crippen LogP contribution in [0.1, 0.15) is 12.0 Å². The van der Waals surface area contributed by atoms with Crippen LogP contribution in [0.15, 0.2) is 46.0 Å². The second-order valence-electron chi connectivity index (χ2n) is 5.53. The number of nitriles is 1. The van der Waals surface area contributed by atoms with E-state index in [2.05, 4.69) is 26.6 Å². The highest BCUT2D eigenvalue weighted by molar-refractivity contribution is 9.10. The Balaban J connectivity index is 1.62. The second kappa shape index (κ2) is 6.98. The molecule has 0 spiro atoms. The standard InChI is InChI=1S/C18H14BrN3O2S/c19-13-9-17-16(23-11-24-17)8-12(13)10-25-18-21-14-4-1-2-5-15(14)22(18)7-3-6-20/h1-2,4-5,8-9H,3,7,10-11H2. The fourth-order valence-corrected chi connectivity index (χ4v) is 4.43. The van der Waals surface area contributed by atoms with E-state index in [4.69, 9.17) is 19.7 Å². The topological polar surface area (TPSA) is 60.1 Å². The van der Waals surface area contributed by atoms with Crippen molar-refractivity contribution in [2.24, 2.45) is 0 Å². The summed E-state index contributed by atoms with van der Waals surface area (Å²) in [7, 11) is 0. The second-order valence-corrected chi connectivity index (χ2v) is 7.33. The summed E-state index contributed by atoms with van der Waals surface area (Å²) in [5.41, 5.74) is 3.13. The van der Waals surface area contributed by atoms with Crippen LogP contribution in [-0.4, -0.2) is 16.3 Å². The van der Waals surface area contributed by atoms with Gasteiger partial charge in [0.1, 0.15) is 0 Å². The Morgan fingerprint density at radius 3 is 2.88 bits per heavy atom. The number of para-hydroxylation sites is 2. The molecule has 0 saturated carbocycles. The van der Waals surface area contributed by atoms with E-state index in [1.54, 1.807) is 11.8 Å². The van der Waals surface area contributed by atoms with Gasteiger partial charge in [-0.25, -0.2) is 4.98 Å². The van der Waals surface area contributed by atoms with E-state index < -0.39 is 0 Å². The number of ether oxygens (including phenoxy) is 2. The summed E-state index contributed by atoms with van der Waals surface area (Å²) in [6.45, 7) is 0.907. The maximum Gasteiger partial charge on any atom is 0.231 e. The molecule has 0 aliphatic carbocycles. The lowest BCUT2D eigenvalue weighted by atomic mass is 10.2. The van der Waals surface area contributed by atoms with E-state index in [-0.39, 0.29) is 6.79 Å². The number of rotatable bonds is 5. The molecule has 0 radical (unpaired) electrons. The molecule has 1 aromatic heterocycles. The predicted octanol–water partition coefficient (Wildman–Crippen LogP) is 4.73. The molecule has 0 amide bonds. The van der Waals surface area contributed by atoms with Crippen molar-refractivity contribution < 1.29 is 9.47 Å². The minimum atomic E-state index is 0.266. The number of aryl methyl sites for hydroxylation is 1.